The number of hydrogen-bond donors (Lipinski definition) is 11. The predicted molar refractivity (Wildman–Crippen MR) is 349 cm³/mol. The Bertz CT molecular complexity index is 3340. The summed E-state index contributed by atoms with van der Waals surface area (Å²) in [5.74, 6) is 16.6. The normalized spacial score (nSPS) is 34.7. The summed E-state index contributed by atoms with van der Waals surface area (Å²) in [7, 11) is 5.22. The summed E-state index contributed by atoms with van der Waals surface area (Å²) in [5.41, 5.74) is 11.2. The fourth-order valence-corrected chi connectivity index (χ4v) is 20.7. The van der Waals surface area contributed by atoms with E-state index in [9.17, 15) is 40.5 Å². The molecule has 90 heavy (non-hydrogen) atoms. The first-order valence-corrected chi connectivity index (χ1v) is 35.5. The number of nitrogens with zero attached hydrogens (tertiary/aromatic N) is 1. The van der Waals surface area contributed by atoms with E-state index in [0.29, 0.717) is 65.7 Å². The van der Waals surface area contributed by atoms with Crippen LogP contribution in [0.15, 0.2) is 53.5 Å². The Balaban J connectivity index is 1.03. The van der Waals surface area contributed by atoms with Crippen LogP contribution in [0.5, 0.6) is 28.7 Å². The molecule has 0 aromatic heterocycles. The molecule has 16 unspecified atom stereocenters. The van der Waals surface area contributed by atoms with E-state index in [2.05, 4.69) is 77.8 Å². The third-order valence-electron chi connectivity index (χ3n) is 22.4. The van der Waals surface area contributed by atoms with Gasteiger partial charge in [0, 0.05) is 79.0 Å². The summed E-state index contributed by atoms with van der Waals surface area (Å²) in [6.07, 6.45) is 13.1. The van der Waals surface area contributed by atoms with Gasteiger partial charge in [0.25, 0.3) is 0 Å². The van der Waals surface area contributed by atoms with Crippen LogP contribution in [0.3, 0.4) is 0 Å². The highest BCUT2D eigenvalue weighted by Gasteiger charge is 2.66. The largest absolute Gasteiger partial charge is 0.508 e. The van der Waals surface area contributed by atoms with Gasteiger partial charge in [-0.1, -0.05) is 89.5 Å². The minimum atomic E-state index is -1.31. The molecule has 4 spiro atoms. The average Bonchev–Trinajstić information content (AvgIpc) is 1.52. The van der Waals surface area contributed by atoms with Crippen LogP contribution in [-0.4, -0.2) is 135 Å². The van der Waals surface area contributed by atoms with Gasteiger partial charge in [0.1, 0.15) is 18.3 Å². The number of nitrogens with one attached hydrogen (secondary N) is 3. The number of Topliss-reactive ketones (excluding diaryl/α,β-unsaturated/α-hetero) is 1. The molecule has 3 aromatic rings. The minimum absolute atomic E-state index is 0.00898. The summed E-state index contributed by atoms with van der Waals surface area (Å²) in [5, 5.41) is 89.6. The van der Waals surface area contributed by atoms with Gasteiger partial charge in [-0.05, 0) is 178 Å². The number of ketones is 1. The molecule has 17 nitrogen and oxygen atoms in total. The zero-order valence-corrected chi connectivity index (χ0v) is 54.2. The molecule has 16 atom stereocenters. The van der Waals surface area contributed by atoms with Crippen molar-refractivity contribution in [2.75, 3.05) is 45.3 Å². The molecular formula is C71H93N5O12S2. The molecule has 6 aliphatic carbocycles. The number of phenolic OH excluding ortho intramolecular Hbond substituents is 2. The quantitative estimate of drug-likeness (QED) is 0.0425. The first kappa shape index (κ1) is 64.9. The van der Waals surface area contributed by atoms with Crippen molar-refractivity contribution >= 4 is 33.3 Å². The Morgan fingerprint density at radius 1 is 0.911 bits per heavy atom. The number of hydrogen-bond acceptors (Lipinski definition) is 19. The molecule has 0 radical (unpaired) electrons. The number of phenols is 2. The molecule has 3 fully saturated rings. The van der Waals surface area contributed by atoms with Crippen molar-refractivity contribution in [2.45, 2.75) is 185 Å². The minimum Gasteiger partial charge on any atom is -0.508 e. The number of aliphatic hydroxyl groups excluding tert-OH is 5. The summed E-state index contributed by atoms with van der Waals surface area (Å²) in [6, 6.07) is 10.5. The predicted octanol–water partition coefficient (Wildman–Crippen LogP) is 7.67. The highest BCUT2D eigenvalue weighted by Crippen LogP contribution is 2.68. The molecule has 19 heteroatoms. The number of guanidine groups is 1. The monoisotopic (exact) mass is 1270 g/mol. The Kier molecular flexibility index (Phi) is 19.5. The van der Waals surface area contributed by atoms with Crippen molar-refractivity contribution < 1.29 is 59.5 Å². The van der Waals surface area contributed by atoms with Crippen LogP contribution in [0.4, 0.5) is 0 Å². The number of methoxy groups -OCH3 is 1. The van der Waals surface area contributed by atoms with E-state index >= 15 is 0 Å². The second-order valence-electron chi connectivity index (χ2n) is 28.3. The van der Waals surface area contributed by atoms with E-state index in [0.717, 1.165) is 86.7 Å². The van der Waals surface area contributed by atoms with Crippen LogP contribution in [-0.2, 0) is 41.6 Å². The third-order valence-corrected chi connectivity index (χ3v) is 24.9. The molecule has 4 aliphatic heterocycles. The molecule has 3 saturated carbocycles. The maximum absolute atomic E-state index is 13.6. The number of nitrogens with two attached hydrogens (primary N) is 1. The first-order chi connectivity index (χ1) is 43.4. The first-order valence-electron chi connectivity index (χ1n) is 33.0. The number of rotatable bonds is 9. The van der Waals surface area contributed by atoms with E-state index in [4.69, 9.17) is 29.7 Å². The molecule has 4 heterocycles. The second-order valence-corrected chi connectivity index (χ2v) is 30.8. The number of aromatic hydroxyl groups is 2. The van der Waals surface area contributed by atoms with E-state index < -0.39 is 54.3 Å². The lowest BCUT2D eigenvalue weighted by atomic mass is 9.51. The summed E-state index contributed by atoms with van der Waals surface area (Å²) >= 11 is 0. The number of carbonyl (C=O) groups excluding carboxylic acids is 1. The Morgan fingerprint density at radius 2 is 1.72 bits per heavy atom. The van der Waals surface area contributed by atoms with Crippen LogP contribution >= 0.6 is 21.6 Å². The lowest BCUT2D eigenvalue weighted by molar-refractivity contribution is -0.121. The van der Waals surface area contributed by atoms with Crippen molar-refractivity contribution in [3.05, 3.63) is 87.5 Å². The number of aliphatic hydroxyl groups is 5. The number of carbonyl (C=O) groups is 1. The fraction of sp³-hybridized carbons (Fsp3) is 0.634. The van der Waals surface area contributed by atoms with E-state index in [-0.39, 0.29) is 121 Å². The fourth-order valence-electron chi connectivity index (χ4n) is 17.8. The Labute approximate surface area is 538 Å². The van der Waals surface area contributed by atoms with Gasteiger partial charge in [0.2, 0.25) is 6.29 Å². The highest BCUT2D eigenvalue weighted by atomic mass is 33.1. The number of fused-ring (bicyclic) bond motifs is 8. The van der Waals surface area contributed by atoms with Crippen LogP contribution < -0.4 is 35.9 Å². The van der Waals surface area contributed by atoms with Crippen molar-refractivity contribution in [1.82, 2.24) is 16.0 Å². The lowest BCUT2D eigenvalue weighted by Gasteiger charge is -2.58. The van der Waals surface area contributed by atoms with Gasteiger partial charge < -0.3 is 71.1 Å². The van der Waals surface area contributed by atoms with Gasteiger partial charge in [-0.3, -0.25) is 10.1 Å². The van der Waals surface area contributed by atoms with Crippen molar-refractivity contribution in [1.29, 1.82) is 0 Å². The molecule has 13 rings (SSSR count). The maximum atomic E-state index is 13.6. The SMILES string of the molecule is COC(CO)C1CC2CCC3(CCC4(CCC(NCC(C)O)c5cc(O)ccc5C4)C3)CC23NCOc2c4cc(c5c2OC(O)C(C5)C2CSSCC(C(C)C)N=C(N)NC2C#CC32C=CC1C2)CCC(O)CC(=O)CCc1ccc(O)c(OCO)c1C#CC4. The Hall–Kier alpha value is -5.16. The van der Waals surface area contributed by atoms with Gasteiger partial charge in [-0.25, -0.2) is 4.99 Å². The van der Waals surface area contributed by atoms with Crippen molar-refractivity contribution in [3.8, 4) is 52.4 Å². The summed E-state index contributed by atoms with van der Waals surface area (Å²) < 4.78 is 26.2. The van der Waals surface area contributed by atoms with Gasteiger partial charge in [-0.15, -0.1) is 0 Å². The van der Waals surface area contributed by atoms with Gasteiger partial charge in [0.05, 0.1) is 48.0 Å². The standard InChI is InChI=1S/C71H93N5O12S2/c1-41(2)60-36-90-89-35-57-56-30-55-44-9-13-50(81)28-49(80)12-8-43-11-15-61(83)64(87-40-78)52(43)7-5-6-45(26-44)63(65(55)88-66(56)84)86-39-74-71-38-69(25-24-68(37-69)21-18-58(73-33-42(3)79)53-29-51(82)14-10-46(53)31-68)20-17-48(71)27-54(62(34-77)85-4)47-16-22-70(71,32-47)23-19-59(57)75-67(72)76-60/h10-11,14-16,22,26,29,41-42,47-48,50,54,56-60,62,66,73-74,77-79,81-84H,6,8-9,12-13,17-18,20-21,24-25,27-28,30-40H2,1-4H3,(H3,72,75,76). The zero-order valence-electron chi connectivity index (χ0n) is 52.6. The van der Waals surface area contributed by atoms with E-state index in [1.807, 2.05) is 12.1 Å². The third kappa shape index (κ3) is 13.0. The molecular weight excluding hydrogens is 1180 g/mol. The van der Waals surface area contributed by atoms with Gasteiger partial charge in [0.15, 0.2) is 35.8 Å². The lowest BCUT2D eigenvalue weighted by Crippen LogP contribution is -2.66. The van der Waals surface area contributed by atoms with Crippen LogP contribution in [0, 0.1) is 75.4 Å². The highest BCUT2D eigenvalue weighted by molar-refractivity contribution is 8.76. The molecule has 10 aliphatic rings. The molecule has 8 bridgehead atoms. The van der Waals surface area contributed by atoms with Gasteiger partial charge >= 0.3 is 0 Å². The number of aryl methyl sites for hydroxylation is 2. The van der Waals surface area contributed by atoms with Gasteiger partial charge in [-0.2, -0.15) is 0 Å². The average molecular weight is 1270 g/mol. The van der Waals surface area contributed by atoms with E-state index in [1.165, 1.54) is 11.6 Å². The second kappa shape index (κ2) is 27.1. The molecule has 486 valence electrons. The maximum Gasteiger partial charge on any atom is 0.201 e. The van der Waals surface area contributed by atoms with Crippen LogP contribution in [0.25, 0.3) is 0 Å². The molecule has 0 saturated heterocycles. The number of benzene rings is 3. The molecule has 12 N–H and O–H groups in total. The number of allylic oxidation sites excluding steroid dienone is 1. The van der Waals surface area contributed by atoms with Crippen LogP contribution in [0.2, 0.25) is 0 Å². The topological polar surface area (TPSA) is 270 Å². The zero-order chi connectivity index (χ0) is 63.1. The van der Waals surface area contributed by atoms with Crippen molar-refractivity contribution in [3.63, 3.8) is 0 Å². The van der Waals surface area contributed by atoms with Crippen molar-refractivity contribution in [2.24, 2.45) is 62.5 Å². The van der Waals surface area contributed by atoms with E-state index in [1.54, 1.807) is 41.7 Å². The molecule has 3 aromatic carbocycles. The smallest absolute Gasteiger partial charge is 0.201 e. The summed E-state index contributed by atoms with van der Waals surface area (Å²) in [6.45, 7) is 5.78. The summed E-state index contributed by atoms with van der Waals surface area (Å²) in [4.78, 5) is 18.7. The number of aliphatic imine (C=N–C) groups is 1. The Morgan fingerprint density at radius 3 is 2.52 bits per heavy atom. The molecule has 0 amide bonds. The van der Waals surface area contributed by atoms with Crippen LogP contribution in [0.1, 0.15) is 149 Å². The number of ether oxygens (including phenoxy) is 4.